The molecular formula is C31H38ClN5O7S. The van der Waals surface area contributed by atoms with Crippen molar-refractivity contribution in [3.8, 4) is 5.75 Å². The van der Waals surface area contributed by atoms with E-state index in [1.54, 1.807) is 16.8 Å². The summed E-state index contributed by atoms with van der Waals surface area (Å²) in [5.41, 5.74) is 3.27. The molecule has 2 aromatic heterocycles. The van der Waals surface area contributed by atoms with E-state index in [1.807, 2.05) is 64.2 Å². The van der Waals surface area contributed by atoms with Crippen molar-refractivity contribution in [2.24, 2.45) is 0 Å². The van der Waals surface area contributed by atoms with Gasteiger partial charge in [0.15, 0.2) is 10.8 Å². The predicted octanol–water partition coefficient (Wildman–Crippen LogP) is 4.29. The number of nitrogens with zero attached hydrogens (tertiary/aromatic N) is 5. The van der Waals surface area contributed by atoms with Crippen LogP contribution in [0.2, 0.25) is 5.02 Å². The Bertz CT molecular complexity index is 1770. The highest BCUT2D eigenvalue weighted by molar-refractivity contribution is 7.86. The van der Waals surface area contributed by atoms with Gasteiger partial charge in [-0.2, -0.15) is 13.5 Å². The van der Waals surface area contributed by atoms with E-state index in [-0.39, 0.29) is 28.9 Å². The molecular weight excluding hydrogens is 622 g/mol. The molecule has 2 heterocycles. The fourth-order valence-electron chi connectivity index (χ4n) is 4.46. The first kappa shape index (κ1) is 34.3. The lowest BCUT2D eigenvalue weighted by Crippen LogP contribution is -2.36. The van der Waals surface area contributed by atoms with Crippen LogP contribution in [0, 0.1) is 6.92 Å². The highest BCUT2D eigenvalue weighted by Crippen LogP contribution is 2.22. The molecule has 14 heteroatoms. The lowest BCUT2D eigenvalue weighted by molar-refractivity contribution is 0.0404. The number of aromatic nitrogens is 5. The smallest absolute Gasteiger partial charge is 0.296 e. The Labute approximate surface area is 268 Å². The van der Waals surface area contributed by atoms with E-state index in [2.05, 4.69) is 19.6 Å². The van der Waals surface area contributed by atoms with Crippen LogP contribution < -0.4 is 10.3 Å². The summed E-state index contributed by atoms with van der Waals surface area (Å²) < 4.78 is 49.2. The van der Waals surface area contributed by atoms with Crippen molar-refractivity contribution in [1.82, 2.24) is 24.8 Å². The molecule has 242 valence electrons. The second-order valence-corrected chi connectivity index (χ2v) is 13.4. The average molecular weight is 660 g/mol. The molecule has 0 saturated carbocycles. The van der Waals surface area contributed by atoms with E-state index in [9.17, 15) is 13.2 Å². The molecule has 0 fully saturated rings. The van der Waals surface area contributed by atoms with Crippen molar-refractivity contribution >= 4 is 21.7 Å². The highest BCUT2D eigenvalue weighted by Gasteiger charge is 2.20. The first-order chi connectivity index (χ1) is 21.4. The molecule has 0 unspecified atom stereocenters. The zero-order valence-electron chi connectivity index (χ0n) is 26.0. The number of rotatable bonds is 15. The minimum atomic E-state index is -3.79. The van der Waals surface area contributed by atoms with Gasteiger partial charge in [0.25, 0.3) is 15.7 Å². The Hall–Kier alpha value is -3.62. The topological polar surface area (TPSA) is 137 Å². The maximum Gasteiger partial charge on any atom is 0.296 e. The number of halogens is 1. The fraction of sp³-hybridized carbons (Fsp3) is 0.419. The Morgan fingerprint density at radius 1 is 0.978 bits per heavy atom. The van der Waals surface area contributed by atoms with Crippen LogP contribution in [0.1, 0.15) is 48.7 Å². The zero-order chi connectivity index (χ0) is 32.6. The summed E-state index contributed by atoms with van der Waals surface area (Å²) in [5.74, 6) is 0.233. The van der Waals surface area contributed by atoms with Gasteiger partial charge < -0.3 is 14.2 Å². The third-order valence-corrected chi connectivity index (χ3v) is 8.40. The van der Waals surface area contributed by atoms with Crippen LogP contribution in [0.5, 0.6) is 5.75 Å². The first-order valence-corrected chi connectivity index (χ1v) is 16.1. The summed E-state index contributed by atoms with van der Waals surface area (Å²) >= 11 is 6.27. The Kier molecular flexibility index (Phi) is 11.5. The quantitative estimate of drug-likeness (QED) is 0.134. The summed E-state index contributed by atoms with van der Waals surface area (Å²) in [4.78, 5) is 12.7. The molecule has 12 nitrogen and oxygen atoms in total. The minimum absolute atomic E-state index is 0.00331. The predicted molar refractivity (Wildman–Crippen MR) is 168 cm³/mol. The van der Waals surface area contributed by atoms with Crippen molar-refractivity contribution in [3.63, 3.8) is 0 Å². The molecule has 0 radical (unpaired) electrons. The summed E-state index contributed by atoms with van der Waals surface area (Å²) in [6.45, 7) is 9.53. The Morgan fingerprint density at radius 2 is 1.73 bits per heavy atom. The van der Waals surface area contributed by atoms with Crippen molar-refractivity contribution in [1.29, 1.82) is 0 Å². The molecule has 2 aromatic carbocycles. The van der Waals surface area contributed by atoms with E-state index in [0.29, 0.717) is 44.0 Å². The SMILES string of the molecule is COS(=O)(=O)c1ccc(C)cc1CCOCCOCc1cn(Cc2cccc(COc3cnn(C(C)(C)C)c(=O)c3Cl)c2)nn1. The molecule has 0 spiro atoms. The van der Waals surface area contributed by atoms with Crippen LogP contribution in [-0.4, -0.2) is 60.1 Å². The van der Waals surface area contributed by atoms with Crippen LogP contribution >= 0.6 is 11.6 Å². The van der Waals surface area contributed by atoms with E-state index < -0.39 is 21.2 Å². The highest BCUT2D eigenvalue weighted by atomic mass is 35.5. The van der Waals surface area contributed by atoms with Gasteiger partial charge in [-0.3, -0.25) is 8.98 Å². The molecule has 0 atom stereocenters. The van der Waals surface area contributed by atoms with Gasteiger partial charge in [0.1, 0.15) is 12.3 Å². The summed E-state index contributed by atoms with van der Waals surface area (Å²) in [6.07, 6.45) is 3.70. The third kappa shape index (κ3) is 9.44. The van der Waals surface area contributed by atoms with Gasteiger partial charge in [0.2, 0.25) is 0 Å². The van der Waals surface area contributed by atoms with Gasteiger partial charge in [-0.15, -0.1) is 5.10 Å². The van der Waals surface area contributed by atoms with Crippen molar-refractivity contribution < 1.29 is 26.8 Å². The standard InChI is InChI=1S/C31H38ClN5O7S/c1-22-9-10-28(45(39,40)41-5)25(15-22)11-12-42-13-14-43-21-26-19-36(35-34-26)18-23-7-6-8-24(16-23)20-44-27-17-33-37(31(2,3)4)30(38)29(27)32/h6-10,15-17,19H,11-14,18,20-21H2,1-5H3. The summed E-state index contributed by atoms with van der Waals surface area (Å²) in [7, 11) is -2.64. The van der Waals surface area contributed by atoms with Gasteiger partial charge in [0.05, 0.1) is 62.9 Å². The second-order valence-electron chi connectivity index (χ2n) is 11.4. The molecule has 4 aromatic rings. The van der Waals surface area contributed by atoms with Crippen molar-refractivity contribution in [3.05, 3.63) is 98.2 Å². The van der Waals surface area contributed by atoms with Crippen LogP contribution in [0.4, 0.5) is 0 Å². The molecule has 4 rings (SSSR count). The number of hydrogen-bond donors (Lipinski definition) is 0. The van der Waals surface area contributed by atoms with Crippen molar-refractivity contribution in [2.45, 2.75) is 64.3 Å². The summed E-state index contributed by atoms with van der Waals surface area (Å²) in [6, 6.07) is 12.9. The van der Waals surface area contributed by atoms with Crippen LogP contribution in [0.25, 0.3) is 0 Å². The molecule has 0 aliphatic heterocycles. The number of hydrogen-bond acceptors (Lipinski definition) is 10. The zero-order valence-corrected chi connectivity index (χ0v) is 27.6. The van der Waals surface area contributed by atoms with E-state index in [4.69, 9.17) is 25.8 Å². The third-order valence-electron chi connectivity index (χ3n) is 6.68. The van der Waals surface area contributed by atoms with Crippen LogP contribution in [-0.2, 0) is 55.5 Å². The van der Waals surface area contributed by atoms with Gasteiger partial charge in [-0.05, 0) is 56.9 Å². The molecule has 45 heavy (non-hydrogen) atoms. The van der Waals surface area contributed by atoms with Gasteiger partial charge in [-0.25, -0.2) is 9.36 Å². The molecule has 0 N–H and O–H groups in total. The normalized spacial score (nSPS) is 12.0. The number of aryl methyl sites for hydroxylation is 1. The molecule has 0 saturated heterocycles. The van der Waals surface area contributed by atoms with Gasteiger partial charge >= 0.3 is 0 Å². The summed E-state index contributed by atoms with van der Waals surface area (Å²) in [5, 5.41) is 12.6. The van der Waals surface area contributed by atoms with Crippen LogP contribution in [0.15, 0.2) is 64.5 Å². The second kappa shape index (κ2) is 15.1. The molecule has 0 aliphatic rings. The first-order valence-electron chi connectivity index (χ1n) is 14.3. The largest absolute Gasteiger partial charge is 0.485 e. The minimum Gasteiger partial charge on any atom is -0.485 e. The van der Waals surface area contributed by atoms with Crippen molar-refractivity contribution in [2.75, 3.05) is 26.9 Å². The Morgan fingerprint density at radius 3 is 2.49 bits per heavy atom. The lowest BCUT2D eigenvalue weighted by atomic mass is 10.1. The molecule has 0 bridgehead atoms. The average Bonchev–Trinajstić information content (AvgIpc) is 3.43. The Balaban J connectivity index is 1.20. The monoisotopic (exact) mass is 659 g/mol. The molecule has 0 amide bonds. The van der Waals surface area contributed by atoms with Crippen LogP contribution in [0.3, 0.4) is 0 Å². The molecule has 0 aliphatic carbocycles. The van der Waals surface area contributed by atoms with Gasteiger partial charge in [-0.1, -0.05) is 58.8 Å². The lowest BCUT2D eigenvalue weighted by Gasteiger charge is -2.21. The van der Waals surface area contributed by atoms with E-state index in [1.165, 1.54) is 10.9 Å². The van der Waals surface area contributed by atoms with Gasteiger partial charge in [0, 0.05) is 0 Å². The number of ether oxygens (including phenoxy) is 3. The maximum absolute atomic E-state index is 12.6. The fourth-order valence-corrected chi connectivity index (χ4v) is 5.54. The van der Waals surface area contributed by atoms with E-state index in [0.717, 1.165) is 23.8 Å². The maximum atomic E-state index is 12.6. The number of benzene rings is 2. The van der Waals surface area contributed by atoms with E-state index >= 15 is 0 Å².